The largest absolute Gasteiger partial charge is 0.507 e. The molecular weight excluding hydrogens is 649 g/mol. The second kappa shape index (κ2) is 16.0. The fourth-order valence-corrected chi connectivity index (χ4v) is 5.34. The van der Waals surface area contributed by atoms with Gasteiger partial charge in [0.05, 0.1) is 44.5 Å². The topological polar surface area (TPSA) is 231 Å². The molecule has 0 aromatic heterocycles. The first-order valence-electron chi connectivity index (χ1n) is 15.1. The van der Waals surface area contributed by atoms with Gasteiger partial charge in [0, 0.05) is 11.1 Å². The Hall–Kier alpha value is -8.64. The van der Waals surface area contributed by atoms with Crippen LogP contribution in [0.3, 0.4) is 0 Å². The van der Waals surface area contributed by atoms with Crippen molar-refractivity contribution in [2.24, 2.45) is 0 Å². The van der Waals surface area contributed by atoms with Gasteiger partial charge in [-0.05, 0) is 71.8 Å². The number of phenols is 2. The highest BCUT2D eigenvalue weighted by atomic mass is 16.3. The highest BCUT2D eigenvalue weighted by molar-refractivity contribution is 6.09. The normalized spacial score (nSPS) is 9.35. The van der Waals surface area contributed by atoms with Gasteiger partial charge in [-0.25, -0.2) is 0 Å². The summed E-state index contributed by atoms with van der Waals surface area (Å²) >= 11 is 0. The minimum atomic E-state index is 0.114. The molecule has 6 aromatic carbocycles. The summed E-state index contributed by atoms with van der Waals surface area (Å²) in [7, 11) is 0. The molecule has 0 bridgehead atoms. The van der Waals surface area contributed by atoms with Crippen molar-refractivity contribution in [1.82, 2.24) is 0 Å². The zero-order valence-electron chi connectivity index (χ0n) is 27.6. The van der Waals surface area contributed by atoms with Crippen molar-refractivity contribution in [1.29, 1.82) is 42.1 Å². The van der Waals surface area contributed by atoms with Gasteiger partial charge in [0.2, 0.25) is 0 Å². The summed E-state index contributed by atoms with van der Waals surface area (Å²) in [5.41, 5.74) is 4.60. The summed E-state index contributed by atoms with van der Waals surface area (Å²) in [5, 5.41) is 94.2. The molecule has 0 aliphatic heterocycles. The molecule has 10 heteroatoms. The quantitative estimate of drug-likeness (QED) is 0.171. The van der Waals surface area contributed by atoms with Crippen LogP contribution in [0.2, 0.25) is 0 Å². The summed E-state index contributed by atoms with van der Waals surface area (Å²) in [6.07, 6.45) is 0. The van der Waals surface area contributed by atoms with Crippen LogP contribution in [0.4, 0.5) is 0 Å². The molecule has 10 nitrogen and oxygen atoms in total. The fourth-order valence-electron chi connectivity index (χ4n) is 5.34. The van der Waals surface area contributed by atoms with E-state index in [1.165, 1.54) is 24.3 Å². The molecule has 6 aromatic rings. The Bertz CT molecular complexity index is 2390. The minimum Gasteiger partial charge on any atom is -0.507 e. The molecule has 0 unspecified atom stereocenters. The van der Waals surface area contributed by atoms with Crippen molar-refractivity contribution in [3.8, 4) is 71.2 Å². The number of nitrogens with zero attached hydrogens (tertiary/aromatic N) is 8. The molecule has 0 saturated heterocycles. The van der Waals surface area contributed by atoms with Crippen LogP contribution in [-0.2, 0) is 0 Å². The third-order valence-electron chi connectivity index (χ3n) is 7.84. The van der Waals surface area contributed by atoms with Gasteiger partial charge >= 0.3 is 0 Å². The maximum Gasteiger partial charge on any atom is 0.124 e. The Balaban J connectivity index is 0.000000187. The zero-order chi connectivity index (χ0) is 37.9. The molecule has 0 aliphatic rings. The molecule has 242 valence electrons. The maximum absolute atomic E-state index is 10.6. The lowest BCUT2D eigenvalue weighted by Gasteiger charge is -2.14. The van der Waals surface area contributed by atoms with E-state index in [9.17, 15) is 10.2 Å². The Morgan fingerprint density at radius 3 is 0.827 bits per heavy atom. The first-order valence-corrected chi connectivity index (χ1v) is 15.1. The Kier molecular flexibility index (Phi) is 11.1. The van der Waals surface area contributed by atoms with Gasteiger partial charge in [0.25, 0.3) is 0 Å². The van der Waals surface area contributed by atoms with E-state index < -0.39 is 0 Å². The number of phenolic OH excluding ortho intramolecular Hbond substituents is 2. The summed E-state index contributed by atoms with van der Waals surface area (Å²) in [6.45, 7) is 4.09. The van der Waals surface area contributed by atoms with Crippen LogP contribution in [0, 0.1) is 104 Å². The fraction of sp³-hybridized carbons (Fsp3) is 0.0476. The van der Waals surface area contributed by atoms with Crippen molar-refractivity contribution < 1.29 is 10.2 Å². The highest BCUT2D eigenvalue weighted by Gasteiger charge is 2.17. The van der Waals surface area contributed by atoms with E-state index in [1.807, 2.05) is 50.2 Å². The lowest BCUT2D eigenvalue weighted by atomic mass is 9.91. The lowest BCUT2D eigenvalue weighted by Crippen LogP contribution is -1.90. The van der Waals surface area contributed by atoms with Crippen LogP contribution in [0.15, 0.2) is 84.9 Å². The molecule has 0 atom stereocenters. The number of hydrogen-bond acceptors (Lipinski definition) is 10. The number of hydrogen-bond donors (Lipinski definition) is 2. The molecule has 2 N–H and O–H groups in total. The molecule has 6 rings (SSSR count). The van der Waals surface area contributed by atoms with Crippen molar-refractivity contribution in [3.05, 3.63) is 141 Å². The van der Waals surface area contributed by atoms with Crippen LogP contribution >= 0.6 is 0 Å². The second-order valence-electron chi connectivity index (χ2n) is 11.1. The van der Waals surface area contributed by atoms with E-state index in [0.717, 1.165) is 32.7 Å². The molecule has 0 saturated carbocycles. The van der Waals surface area contributed by atoms with Gasteiger partial charge in [0.15, 0.2) is 0 Å². The van der Waals surface area contributed by atoms with E-state index in [4.69, 9.17) is 42.1 Å². The number of aromatic hydroxyl groups is 2. The van der Waals surface area contributed by atoms with Crippen LogP contribution in [-0.4, -0.2) is 10.2 Å². The summed E-state index contributed by atoms with van der Waals surface area (Å²) in [6, 6.07) is 38.8. The van der Waals surface area contributed by atoms with Gasteiger partial charge in [-0.3, -0.25) is 0 Å². The smallest absolute Gasteiger partial charge is 0.124 e. The number of fused-ring (bicyclic) bond motifs is 2. The average molecular weight is 671 g/mol. The standard InChI is InChI=1S/C22H18O2.2C10H2N4/c1-13-3-7-17-15(11-13)5-9-19(23)21(17)22-18-8-4-14(2)12-16(18)6-10-20(22)24;2*11-3-7-1-8(4-12)10(6-14)2-9(7)5-13/h3-12,23-24H,1-2H3;2*1-2H. The number of benzene rings is 6. The Labute approximate surface area is 298 Å². The molecule has 0 heterocycles. The van der Waals surface area contributed by atoms with Crippen molar-refractivity contribution >= 4 is 21.5 Å². The molecule has 52 heavy (non-hydrogen) atoms. The molecule has 0 fully saturated rings. The monoisotopic (exact) mass is 670 g/mol. The van der Waals surface area contributed by atoms with Crippen molar-refractivity contribution in [3.63, 3.8) is 0 Å². The van der Waals surface area contributed by atoms with Gasteiger partial charge in [0.1, 0.15) is 60.1 Å². The predicted molar refractivity (Wildman–Crippen MR) is 190 cm³/mol. The zero-order valence-corrected chi connectivity index (χ0v) is 27.6. The second-order valence-corrected chi connectivity index (χ2v) is 11.1. The lowest BCUT2D eigenvalue weighted by molar-refractivity contribution is 0.470. The molecule has 0 aliphatic carbocycles. The molecular formula is C42H22N8O2. The van der Waals surface area contributed by atoms with Crippen LogP contribution < -0.4 is 0 Å². The first kappa shape index (κ1) is 36.2. The average Bonchev–Trinajstić information content (AvgIpc) is 3.17. The summed E-state index contributed by atoms with van der Waals surface area (Å²) < 4.78 is 0. The number of nitriles is 8. The molecule has 0 spiro atoms. The molecule has 0 radical (unpaired) electrons. The van der Waals surface area contributed by atoms with Gasteiger partial charge in [-0.2, -0.15) is 42.1 Å². The van der Waals surface area contributed by atoms with Gasteiger partial charge < -0.3 is 10.2 Å². The van der Waals surface area contributed by atoms with E-state index >= 15 is 0 Å². The SMILES string of the molecule is Cc1ccc2c(-c3c(O)ccc4cc(C)ccc34)c(O)ccc2c1.N#Cc1cc(C#N)c(C#N)cc1C#N.N#Cc1cc(C#N)c(C#N)cc1C#N. The Morgan fingerprint density at radius 2 is 0.596 bits per heavy atom. The predicted octanol–water partition coefficient (Wildman–Crippen LogP) is 8.03. The highest BCUT2D eigenvalue weighted by Crippen LogP contribution is 2.44. The third kappa shape index (κ3) is 7.41. The van der Waals surface area contributed by atoms with Crippen molar-refractivity contribution in [2.75, 3.05) is 0 Å². The van der Waals surface area contributed by atoms with E-state index in [0.29, 0.717) is 11.1 Å². The van der Waals surface area contributed by atoms with Crippen LogP contribution in [0.25, 0.3) is 32.7 Å². The first-order chi connectivity index (χ1) is 25.1. The third-order valence-corrected chi connectivity index (χ3v) is 7.84. The Morgan fingerprint density at radius 1 is 0.346 bits per heavy atom. The van der Waals surface area contributed by atoms with Gasteiger partial charge in [-0.15, -0.1) is 0 Å². The maximum atomic E-state index is 10.6. The minimum absolute atomic E-state index is 0.114. The van der Waals surface area contributed by atoms with Crippen molar-refractivity contribution in [2.45, 2.75) is 13.8 Å². The van der Waals surface area contributed by atoms with Gasteiger partial charge in [-0.1, -0.05) is 59.7 Å². The number of aryl methyl sites for hydroxylation is 2. The van der Waals surface area contributed by atoms with Crippen LogP contribution in [0.1, 0.15) is 55.6 Å². The number of rotatable bonds is 1. The summed E-state index contributed by atoms with van der Waals surface area (Å²) in [5.74, 6) is 0.351. The van der Waals surface area contributed by atoms with E-state index in [2.05, 4.69) is 12.1 Å². The molecule has 0 amide bonds. The summed E-state index contributed by atoms with van der Waals surface area (Å²) in [4.78, 5) is 0. The van der Waals surface area contributed by atoms with Crippen LogP contribution in [0.5, 0.6) is 11.5 Å². The van der Waals surface area contributed by atoms with E-state index in [1.54, 1.807) is 60.7 Å². The van der Waals surface area contributed by atoms with E-state index in [-0.39, 0.29) is 56.0 Å².